The Kier molecular flexibility index (Phi) is 4.06. The van der Waals surface area contributed by atoms with Gasteiger partial charge < -0.3 is 5.32 Å². The van der Waals surface area contributed by atoms with E-state index in [-0.39, 0.29) is 5.91 Å². The van der Waals surface area contributed by atoms with Crippen LogP contribution >= 0.6 is 11.3 Å². The van der Waals surface area contributed by atoms with Crippen molar-refractivity contribution < 1.29 is 4.79 Å². The standard InChI is InChI=1S/C18H20N4OS/c1-11-4-2-3-5-13(11)20-18-21-15(17(23)22-18)8-12-6-7-14-16(9-12)24-10-19-14/h6-11,13H,2-5H2,1H3,(H2,20,21,22,23)/b15-8-. The van der Waals surface area contributed by atoms with Crippen molar-refractivity contribution in [3.63, 3.8) is 0 Å². The van der Waals surface area contributed by atoms with Gasteiger partial charge in [0.2, 0.25) is 5.96 Å². The van der Waals surface area contributed by atoms with Gasteiger partial charge in [0, 0.05) is 0 Å². The van der Waals surface area contributed by atoms with Gasteiger partial charge in [-0.1, -0.05) is 25.8 Å². The lowest BCUT2D eigenvalue weighted by molar-refractivity contribution is -0.115. The molecule has 1 saturated carbocycles. The minimum absolute atomic E-state index is 0.124. The van der Waals surface area contributed by atoms with E-state index in [9.17, 15) is 4.79 Å². The highest BCUT2D eigenvalue weighted by Gasteiger charge is 2.26. The van der Waals surface area contributed by atoms with Crippen molar-refractivity contribution in [1.82, 2.24) is 15.6 Å². The van der Waals surface area contributed by atoms with Gasteiger partial charge in [-0.15, -0.1) is 11.3 Å². The summed E-state index contributed by atoms with van der Waals surface area (Å²) in [5.74, 6) is 1.04. The first-order valence-electron chi connectivity index (χ1n) is 8.40. The number of aromatic nitrogens is 1. The predicted octanol–water partition coefficient (Wildman–Crippen LogP) is 3.29. The third kappa shape index (κ3) is 3.06. The topological polar surface area (TPSA) is 66.4 Å². The lowest BCUT2D eigenvalue weighted by Crippen LogP contribution is -2.30. The summed E-state index contributed by atoms with van der Waals surface area (Å²) in [7, 11) is 0. The molecule has 0 radical (unpaired) electrons. The number of hydrogen-bond donors (Lipinski definition) is 2. The average Bonchev–Trinajstić information content (AvgIpc) is 3.16. The van der Waals surface area contributed by atoms with Crippen molar-refractivity contribution in [2.24, 2.45) is 10.9 Å². The Morgan fingerprint density at radius 1 is 1.29 bits per heavy atom. The second kappa shape index (κ2) is 6.36. The van der Waals surface area contributed by atoms with Crippen molar-refractivity contribution >= 4 is 39.5 Å². The summed E-state index contributed by atoms with van der Waals surface area (Å²) in [6, 6.07) is 6.30. The van der Waals surface area contributed by atoms with E-state index in [2.05, 4.69) is 22.5 Å². The van der Waals surface area contributed by atoms with E-state index in [1.54, 1.807) is 11.3 Å². The molecule has 6 heteroatoms. The molecule has 0 spiro atoms. The number of aliphatic imine (C=N–C) groups is 1. The Bertz CT molecular complexity index is 838. The quantitative estimate of drug-likeness (QED) is 0.825. The molecule has 2 unspecified atom stereocenters. The molecule has 4 rings (SSSR count). The van der Waals surface area contributed by atoms with Crippen LogP contribution in [0.5, 0.6) is 0 Å². The number of thiazole rings is 1. The van der Waals surface area contributed by atoms with Gasteiger partial charge in [-0.25, -0.2) is 9.98 Å². The molecular formula is C18H20N4OS. The minimum Gasteiger partial charge on any atom is -0.321 e. The molecule has 0 bridgehead atoms. The number of nitrogens with one attached hydrogen (secondary N) is 2. The van der Waals surface area contributed by atoms with Gasteiger partial charge in [-0.3, -0.25) is 10.1 Å². The van der Waals surface area contributed by atoms with Gasteiger partial charge in [0.15, 0.2) is 0 Å². The van der Waals surface area contributed by atoms with Gasteiger partial charge in [-0.05, 0) is 42.5 Å². The van der Waals surface area contributed by atoms with E-state index < -0.39 is 0 Å². The maximum Gasteiger partial charge on any atom is 0.274 e. The number of nitrogens with zero attached hydrogens (tertiary/aromatic N) is 2. The summed E-state index contributed by atoms with van der Waals surface area (Å²) in [5.41, 5.74) is 4.34. The molecule has 1 amide bonds. The van der Waals surface area contributed by atoms with Crippen LogP contribution in [0.4, 0.5) is 0 Å². The predicted molar refractivity (Wildman–Crippen MR) is 97.7 cm³/mol. The molecular weight excluding hydrogens is 320 g/mol. The lowest BCUT2D eigenvalue weighted by atomic mass is 9.86. The molecule has 2 aromatic rings. The zero-order chi connectivity index (χ0) is 16.5. The van der Waals surface area contributed by atoms with E-state index in [0.717, 1.165) is 22.2 Å². The normalized spacial score (nSPS) is 27.6. The zero-order valence-electron chi connectivity index (χ0n) is 13.6. The van der Waals surface area contributed by atoms with Crippen molar-refractivity contribution in [2.45, 2.75) is 38.6 Å². The Balaban J connectivity index is 1.54. The molecule has 24 heavy (non-hydrogen) atoms. The molecule has 124 valence electrons. The van der Waals surface area contributed by atoms with Crippen molar-refractivity contribution in [3.8, 4) is 0 Å². The fraction of sp³-hybridized carbons (Fsp3) is 0.389. The summed E-state index contributed by atoms with van der Waals surface area (Å²) in [5, 5.41) is 5.98. The Morgan fingerprint density at radius 3 is 3.04 bits per heavy atom. The van der Waals surface area contributed by atoms with Crippen LogP contribution in [0.25, 0.3) is 16.3 Å². The SMILES string of the molecule is CC1CCCCC1N=C1NC(=O)/C(=C/c2ccc3ncsc3c2)N1. The Labute approximate surface area is 144 Å². The lowest BCUT2D eigenvalue weighted by Gasteiger charge is -2.25. The van der Waals surface area contributed by atoms with E-state index in [0.29, 0.717) is 23.6 Å². The number of guanidine groups is 1. The largest absolute Gasteiger partial charge is 0.321 e. The van der Waals surface area contributed by atoms with Gasteiger partial charge in [-0.2, -0.15) is 0 Å². The number of hydrogen-bond acceptors (Lipinski definition) is 4. The second-order valence-corrected chi connectivity index (χ2v) is 7.41. The molecule has 2 heterocycles. The Hall–Kier alpha value is -2.21. The van der Waals surface area contributed by atoms with Gasteiger partial charge in [0.05, 0.1) is 21.8 Å². The molecule has 1 aromatic carbocycles. The summed E-state index contributed by atoms with van der Waals surface area (Å²) < 4.78 is 1.12. The van der Waals surface area contributed by atoms with Gasteiger partial charge in [0.25, 0.3) is 5.91 Å². The van der Waals surface area contributed by atoms with Crippen LogP contribution < -0.4 is 10.6 Å². The van der Waals surface area contributed by atoms with Crippen LogP contribution in [-0.4, -0.2) is 22.9 Å². The summed E-state index contributed by atoms with van der Waals surface area (Å²) in [4.78, 5) is 21.2. The number of rotatable bonds is 2. The maximum absolute atomic E-state index is 12.2. The van der Waals surface area contributed by atoms with Gasteiger partial charge >= 0.3 is 0 Å². The molecule has 2 N–H and O–H groups in total. The highest BCUT2D eigenvalue weighted by Crippen LogP contribution is 2.26. The number of fused-ring (bicyclic) bond motifs is 1. The van der Waals surface area contributed by atoms with Crippen molar-refractivity contribution in [2.75, 3.05) is 0 Å². The van der Waals surface area contributed by atoms with E-state index in [1.807, 2.05) is 29.8 Å². The third-order valence-electron chi connectivity index (χ3n) is 4.76. The monoisotopic (exact) mass is 340 g/mol. The molecule has 2 aliphatic rings. The van der Waals surface area contributed by atoms with Crippen LogP contribution in [0.1, 0.15) is 38.2 Å². The fourth-order valence-electron chi connectivity index (χ4n) is 3.34. The number of amides is 1. The highest BCUT2D eigenvalue weighted by atomic mass is 32.1. The average molecular weight is 340 g/mol. The summed E-state index contributed by atoms with van der Waals surface area (Å²) in [6.07, 6.45) is 6.68. The van der Waals surface area contributed by atoms with Crippen molar-refractivity contribution in [1.29, 1.82) is 0 Å². The molecule has 1 aliphatic heterocycles. The van der Waals surface area contributed by atoms with E-state index in [1.165, 1.54) is 19.3 Å². The summed E-state index contributed by atoms with van der Waals surface area (Å²) >= 11 is 1.60. The van der Waals surface area contributed by atoms with Crippen LogP contribution in [-0.2, 0) is 4.79 Å². The number of carbonyl (C=O) groups is 1. The van der Waals surface area contributed by atoms with Crippen LogP contribution in [0, 0.1) is 5.92 Å². The van der Waals surface area contributed by atoms with E-state index >= 15 is 0 Å². The molecule has 1 aliphatic carbocycles. The molecule has 1 aromatic heterocycles. The molecule has 2 fully saturated rings. The van der Waals surface area contributed by atoms with Gasteiger partial charge in [0.1, 0.15) is 5.70 Å². The summed E-state index contributed by atoms with van der Waals surface area (Å²) in [6.45, 7) is 2.24. The molecule has 5 nitrogen and oxygen atoms in total. The fourth-order valence-corrected chi connectivity index (χ4v) is 4.06. The van der Waals surface area contributed by atoms with Crippen LogP contribution in [0.15, 0.2) is 34.4 Å². The van der Waals surface area contributed by atoms with E-state index in [4.69, 9.17) is 4.99 Å². The first kappa shape index (κ1) is 15.3. The smallest absolute Gasteiger partial charge is 0.274 e. The minimum atomic E-state index is -0.124. The maximum atomic E-state index is 12.2. The van der Waals surface area contributed by atoms with Crippen LogP contribution in [0.2, 0.25) is 0 Å². The first-order valence-corrected chi connectivity index (χ1v) is 9.28. The second-order valence-electron chi connectivity index (χ2n) is 6.52. The Morgan fingerprint density at radius 2 is 2.17 bits per heavy atom. The van der Waals surface area contributed by atoms with Crippen molar-refractivity contribution in [3.05, 3.63) is 35.0 Å². The zero-order valence-corrected chi connectivity index (χ0v) is 14.4. The van der Waals surface area contributed by atoms with Crippen LogP contribution in [0.3, 0.4) is 0 Å². The molecule has 1 saturated heterocycles. The third-order valence-corrected chi connectivity index (χ3v) is 5.55. The first-order chi connectivity index (χ1) is 11.7. The highest BCUT2D eigenvalue weighted by molar-refractivity contribution is 7.16. The number of benzene rings is 1. The number of carbonyl (C=O) groups excluding carboxylic acids is 1. The molecule has 2 atom stereocenters.